The maximum atomic E-state index is 2.72. The van der Waals surface area contributed by atoms with Gasteiger partial charge in [0.05, 0.1) is 0 Å². The van der Waals surface area contributed by atoms with Crippen LogP contribution in [0.4, 0.5) is 0 Å². The maximum Gasteiger partial charge on any atom is 0.240 e. The fraction of sp³-hybridized carbons (Fsp3) is 0. The molecule has 0 unspecified atom stereocenters. The first kappa shape index (κ1) is 35.9. The lowest BCUT2D eigenvalue weighted by Crippen LogP contribution is -2.77. The van der Waals surface area contributed by atoms with Gasteiger partial charge in [-0.15, -0.1) is 22.7 Å². The van der Waals surface area contributed by atoms with Gasteiger partial charge in [0.15, 0.2) is 8.07 Å². The van der Waals surface area contributed by atoms with Crippen molar-refractivity contribution in [2.45, 2.75) is 0 Å². The summed E-state index contributed by atoms with van der Waals surface area (Å²) in [6.07, 6.45) is 0. The van der Waals surface area contributed by atoms with Crippen LogP contribution in [0.1, 0.15) is 11.1 Å². The van der Waals surface area contributed by atoms with Crippen LogP contribution in [0.5, 0.6) is 0 Å². The summed E-state index contributed by atoms with van der Waals surface area (Å²) in [5, 5.41) is 8.34. The van der Waals surface area contributed by atoms with Crippen molar-refractivity contribution in [2.24, 2.45) is 0 Å². The Balaban J connectivity index is 0.994. The summed E-state index contributed by atoms with van der Waals surface area (Å²) in [7, 11) is -2.62. The highest BCUT2D eigenvalue weighted by atomic mass is 32.1. The zero-order valence-corrected chi connectivity index (χ0v) is 36.4. The second-order valence-electron chi connectivity index (χ2n) is 16.7. The number of allylic oxidation sites excluding steroid dienone is 2. The molecule has 4 heteroatoms. The fourth-order valence-corrected chi connectivity index (χ4v) is 17.7. The van der Waals surface area contributed by atoms with E-state index in [1.54, 1.807) is 0 Å². The smallest absolute Gasteiger partial charge is 0.135 e. The SMILES string of the molecule is C1=C(c2ccc(-c3cccc4sc5ccccc5c34)cc2)C(c2ccc(-c3cccc4sc5ccccc5c34)cc2)=C[Si]12c1ccccc1B(c1ccccc1)c1ccccc12. The Hall–Kier alpha value is -6.82. The first-order chi connectivity index (χ1) is 30.7. The summed E-state index contributed by atoms with van der Waals surface area (Å²) in [4.78, 5) is 0. The Morgan fingerprint density at radius 3 is 1.23 bits per heavy atom. The molecule has 0 N–H and O–H groups in total. The van der Waals surface area contributed by atoms with Gasteiger partial charge in [-0.05, 0) is 68.8 Å². The standard InChI is InChI=1S/C58H37BS2Si/c1-2-14-42(15-3-1)59-49-20-6-10-26-55(49)62(56-27-11-7-21-50(56)59)36-47(40-32-28-38(29-33-40)43-18-12-24-53-57(43)45-16-4-8-22-51(45)60-53)48(37-62)41-34-30-39(31-35-41)44-19-13-25-54-58(44)46-17-5-9-23-52(46)61-54/h1-37H. The van der Waals surface area contributed by atoms with Crippen LogP contribution in [0.3, 0.4) is 0 Å². The molecule has 2 aliphatic heterocycles. The van der Waals surface area contributed by atoms with Crippen molar-refractivity contribution in [2.75, 3.05) is 0 Å². The minimum absolute atomic E-state index is 0.182. The molecule has 0 saturated carbocycles. The van der Waals surface area contributed by atoms with Crippen molar-refractivity contribution in [1.29, 1.82) is 0 Å². The van der Waals surface area contributed by atoms with Gasteiger partial charge in [0, 0.05) is 40.3 Å². The van der Waals surface area contributed by atoms with Crippen molar-refractivity contribution in [3.05, 3.63) is 235 Å². The van der Waals surface area contributed by atoms with Gasteiger partial charge in [-0.25, -0.2) is 0 Å². The van der Waals surface area contributed by atoms with Crippen molar-refractivity contribution in [3.8, 4) is 22.3 Å². The monoisotopic (exact) mass is 836 g/mol. The van der Waals surface area contributed by atoms with Crippen LogP contribution < -0.4 is 26.8 Å². The lowest BCUT2D eigenvalue weighted by atomic mass is 9.36. The molecule has 0 radical (unpaired) electrons. The molecule has 62 heavy (non-hydrogen) atoms. The predicted octanol–water partition coefficient (Wildman–Crippen LogP) is 12.4. The van der Waals surface area contributed by atoms with Crippen LogP contribution in [-0.4, -0.2) is 14.8 Å². The van der Waals surface area contributed by atoms with Gasteiger partial charge in [-0.1, -0.05) is 226 Å². The Bertz CT molecular complexity index is 3410. The maximum absolute atomic E-state index is 2.72. The molecule has 0 fully saturated rings. The number of fused-ring (bicyclic) bond motifs is 10. The molecular weight excluding hydrogens is 800 g/mol. The highest BCUT2D eigenvalue weighted by Gasteiger charge is 2.47. The largest absolute Gasteiger partial charge is 0.240 e. The van der Waals surface area contributed by atoms with E-state index in [0.717, 1.165) is 0 Å². The molecule has 11 aromatic rings. The van der Waals surface area contributed by atoms with Crippen molar-refractivity contribution in [1.82, 2.24) is 0 Å². The van der Waals surface area contributed by atoms with Crippen LogP contribution in [0, 0.1) is 0 Å². The van der Waals surface area contributed by atoms with Crippen molar-refractivity contribution >= 4 is 116 Å². The van der Waals surface area contributed by atoms with E-state index >= 15 is 0 Å². The third-order valence-electron chi connectivity index (χ3n) is 13.4. The van der Waals surface area contributed by atoms with Crippen LogP contribution in [0.15, 0.2) is 224 Å². The van der Waals surface area contributed by atoms with Gasteiger partial charge in [0.1, 0.15) is 0 Å². The average Bonchev–Trinajstić information content (AvgIpc) is 4.05. The van der Waals surface area contributed by atoms with Crippen molar-refractivity contribution < 1.29 is 0 Å². The van der Waals surface area contributed by atoms with E-state index in [0.29, 0.717) is 0 Å². The zero-order valence-electron chi connectivity index (χ0n) is 33.8. The molecule has 9 aromatic carbocycles. The van der Waals surface area contributed by atoms with Crippen molar-refractivity contribution in [3.63, 3.8) is 0 Å². The van der Waals surface area contributed by atoms with E-state index in [9.17, 15) is 0 Å². The van der Waals surface area contributed by atoms with E-state index in [-0.39, 0.29) is 6.71 Å². The number of rotatable bonds is 5. The second-order valence-corrected chi connectivity index (χ2v) is 22.3. The molecule has 13 rings (SSSR count). The summed E-state index contributed by atoms with van der Waals surface area (Å²) in [6.45, 7) is 0.182. The highest BCUT2D eigenvalue weighted by molar-refractivity contribution is 7.26. The fourth-order valence-electron chi connectivity index (χ4n) is 10.7. The third-order valence-corrected chi connectivity index (χ3v) is 19.9. The lowest BCUT2D eigenvalue weighted by molar-refractivity contribution is 1.58. The van der Waals surface area contributed by atoms with Crippen LogP contribution in [0.2, 0.25) is 0 Å². The molecule has 2 aliphatic rings. The normalized spacial score (nSPS) is 14.1. The number of hydrogen-bond donors (Lipinski definition) is 0. The Labute approximate surface area is 370 Å². The molecule has 1 spiro atoms. The minimum Gasteiger partial charge on any atom is -0.135 e. The molecule has 0 amide bonds. The summed E-state index contributed by atoms with van der Waals surface area (Å²) in [5.41, 5.74) is 19.9. The molecule has 0 bridgehead atoms. The molecular formula is C58H37BS2Si. The summed E-state index contributed by atoms with van der Waals surface area (Å²) < 4.78 is 5.34. The summed E-state index contributed by atoms with van der Waals surface area (Å²) in [5.74, 6) is 0. The van der Waals surface area contributed by atoms with Gasteiger partial charge in [-0.3, -0.25) is 0 Å². The predicted molar refractivity (Wildman–Crippen MR) is 274 cm³/mol. The topological polar surface area (TPSA) is 0 Å². The second kappa shape index (κ2) is 14.1. The quantitative estimate of drug-likeness (QED) is 0.152. The molecule has 0 nitrogen and oxygen atoms in total. The van der Waals surface area contributed by atoms with E-state index in [1.807, 2.05) is 22.7 Å². The summed E-state index contributed by atoms with van der Waals surface area (Å²) in [6, 6.07) is 79.8. The number of thiophene rings is 2. The van der Waals surface area contributed by atoms with Gasteiger partial charge < -0.3 is 0 Å². The van der Waals surface area contributed by atoms with E-state index in [4.69, 9.17) is 0 Å². The van der Waals surface area contributed by atoms with Gasteiger partial charge >= 0.3 is 0 Å². The first-order valence-electron chi connectivity index (χ1n) is 21.4. The molecule has 0 saturated heterocycles. The van der Waals surface area contributed by atoms with E-state index in [1.165, 1.54) is 112 Å². The molecule has 2 aromatic heterocycles. The van der Waals surface area contributed by atoms with Crippen LogP contribution in [0.25, 0.3) is 73.7 Å². The van der Waals surface area contributed by atoms with Crippen LogP contribution in [-0.2, 0) is 0 Å². The highest BCUT2D eigenvalue weighted by Crippen LogP contribution is 2.44. The van der Waals surface area contributed by atoms with E-state index < -0.39 is 8.07 Å². The summed E-state index contributed by atoms with van der Waals surface area (Å²) >= 11 is 3.76. The molecule has 288 valence electrons. The first-order valence-corrected chi connectivity index (χ1v) is 25.2. The van der Waals surface area contributed by atoms with Gasteiger partial charge in [0.2, 0.25) is 6.71 Å². The number of benzene rings is 9. The Kier molecular flexibility index (Phi) is 8.17. The Morgan fingerprint density at radius 2 is 0.726 bits per heavy atom. The van der Waals surface area contributed by atoms with Crippen LogP contribution >= 0.6 is 22.7 Å². The molecule has 4 heterocycles. The zero-order chi connectivity index (χ0) is 40.8. The number of hydrogen-bond acceptors (Lipinski definition) is 2. The average molecular weight is 837 g/mol. The molecule has 0 atom stereocenters. The lowest BCUT2D eigenvalue weighted by Gasteiger charge is -2.37. The van der Waals surface area contributed by atoms with Gasteiger partial charge in [-0.2, -0.15) is 0 Å². The molecule has 0 aliphatic carbocycles. The van der Waals surface area contributed by atoms with Gasteiger partial charge in [0.25, 0.3) is 0 Å². The van der Waals surface area contributed by atoms with E-state index in [2.05, 4.69) is 224 Å². The Morgan fingerprint density at radius 1 is 0.323 bits per heavy atom. The third kappa shape index (κ3) is 5.44. The minimum atomic E-state index is -2.62.